The summed E-state index contributed by atoms with van der Waals surface area (Å²) in [5.74, 6) is 0.556. The van der Waals surface area contributed by atoms with Crippen LogP contribution in [-0.4, -0.2) is 24.0 Å². The van der Waals surface area contributed by atoms with Crippen molar-refractivity contribution in [3.8, 4) is 0 Å². The summed E-state index contributed by atoms with van der Waals surface area (Å²) in [6, 6.07) is 20.1. The molecule has 0 spiro atoms. The highest BCUT2D eigenvalue weighted by Gasteiger charge is 2.33. The highest BCUT2D eigenvalue weighted by Crippen LogP contribution is 2.34. The van der Waals surface area contributed by atoms with Gasteiger partial charge in [-0.3, -0.25) is 4.90 Å². The van der Waals surface area contributed by atoms with Crippen molar-refractivity contribution in [3.63, 3.8) is 0 Å². The minimum atomic E-state index is 0.278. The van der Waals surface area contributed by atoms with Crippen LogP contribution in [0.1, 0.15) is 29.7 Å². The molecule has 1 aliphatic heterocycles. The first kappa shape index (κ1) is 14.3. The minimum Gasteiger partial charge on any atom is -0.326 e. The molecule has 0 aromatic heterocycles. The summed E-state index contributed by atoms with van der Waals surface area (Å²) >= 11 is 0. The van der Waals surface area contributed by atoms with Crippen molar-refractivity contribution in [2.75, 3.05) is 13.1 Å². The first-order valence-corrected chi connectivity index (χ1v) is 7.77. The lowest BCUT2D eigenvalue weighted by Gasteiger charge is -2.30. The summed E-state index contributed by atoms with van der Waals surface area (Å²) in [6.45, 7) is 6.49. The molecule has 3 rings (SSSR count). The molecule has 0 bridgehead atoms. The van der Waals surface area contributed by atoms with E-state index in [1.54, 1.807) is 0 Å². The van der Waals surface area contributed by atoms with Crippen molar-refractivity contribution < 1.29 is 0 Å². The number of hydrogen-bond acceptors (Lipinski definition) is 2. The topological polar surface area (TPSA) is 29.3 Å². The largest absolute Gasteiger partial charge is 0.326 e. The van der Waals surface area contributed by atoms with E-state index in [1.165, 1.54) is 16.7 Å². The Hall–Kier alpha value is -1.64. The molecule has 0 radical (unpaired) electrons. The normalized spacial score (nSPS) is 24.1. The van der Waals surface area contributed by atoms with Gasteiger partial charge in [-0.05, 0) is 29.5 Å². The molecule has 3 atom stereocenters. The molecule has 0 aliphatic carbocycles. The fraction of sp³-hybridized carbons (Fsp3) is 0.368. The Morgan fingerprint density at radius 3 is 2.29 bits per heavy atom. The van der Waals surface area contributed by atoms with E-state index in [0.717, 1.165) is 13.1 Å². The van der Waals surface area contributed by atoms with Crippen LogP contribution in [0.5, 0.6) is 0 Å². The summed E-state index contributed by atoms with van der Waals surface area (Å²) in [6.07, 6.45) is 0. The van der Waals surface area contributed by atoms with Gasteiger partial charge in [0, 0.05) is 19.1 Å². The monoisotopic (exact) mass is 280 g/mol. The Labute approximate surface area is 127 Å². The number of likely N-dealkylation sites (tertiary alicyclic amines) is 1. The quantitative estimate of drug-likeness (QED) is 0.934. The Balaban J connectivity index is 2.02. The third-order valence-electron chi connectivity index (χ3n) is 4.66. The van der Waals surface area contributed by atoms with Crippen LogP contribution in [0.25, 0.3) is 0 Å². The van der Waals surface area contributed by atoms with Gasteiger partial charge in [-0.1, -0.05) is 61.5 Å². The van der Waals surface area contributed by atoms with Gasteiger partial charge in [0.1, 0.15) is 0 Å². The Kier molecular flexibility index (Phi) is 4.09. The molecule has 3 unspecified atom stereocenters. The molecule has 0 amide bonds. The van der Waals surface area contributed by atoms with Crippen LogP contribution < -0.4 is 5.73 Å². The van der Waals surface area contributed by atoms with E-state index in [4.69, 9.17) is 5.73 Å². The van der Waals surface area contributed by atoms with Crippen molar-refractivity contribution in [1.29, 1.82) is 0 Å². The van der Waals surface area contributed by atoms with E-state index in [-0.39, 0.29) is 6.04 Å². The first-order valence-electron chi connectivity index (χ1n) is 7.77. The lowest BCUT2D eigenvalue weighted by Crippen LogP contribution is -2.31. The van der Waals surface area contributed by atoms with Crippen LogP contribution in [0.15, 0.2) is 54.6 Å². The fourth-order valence-corrected chi connectivity index (χ4v) is 3.36. The van der Waals surface area contributed by atoms with Gasteiger partial charge >= 0.3 is 0 Å². The molecule has 1 heterocycles. The Morgan fingerprint density at radius 1 is 1.00 bits per heavy atom. The molecule has 2 nitrogen and oxygen atoms in total. The number of benzene rings is 2. The lowest BCUT2D eigenvalue weighted by molar-refractivity contribution is 0.270. The average Bonchev–Trinajstić information content (AvgIpc) is 2.82. The summed E-state index contributed by atoms with van der Waals surface area (Å²) in [5.41, 5.74) is 10.4. The van der Waals surface area contributed by atoms with E-state index >= 15 is 0 Å². The van der Waals surface area contributed by atoms with Crippen molar-refractivity contribution in [2.24, 2.45) is 11.7 Å². The SMILES string of the molecule is Cc1ccccc1C(c1ccccc1)N1CC(C)C(N)C1. The Morgan fingerprint density at radius 2 is 1.67 bits per heavy atom. The van der Waals surface area contributed by atoms with E-state index < -0.39 is 0 Å². The van der Waals surface area contributed by atoms with Crippen LogP contribution in [0.3, 0.4) is 0 Å². The molecule has 2 heteroatoms. The second kappa shape index (κ2) is 6.00. The lowest BCUT2D eigenvalue weighted by atomic mass is 9.94. The van der Waals surface area contributed by atoms with Gasteiger partial charge in [-0.25, -0.2) is 0 Å². The van der Waals surface area contributed by atoms with E-state index in [9.17, 15) is 0 Å². The molecule has 1 fully saturated rings. The van der Waals surface area contributed by atoms with Crippen LogP contribution in [-0.2, 0) is 0 Å². The van der Waals surface area contributed by atoms with Gasteiger partial charge in [-0.2, -0.15) is 0 Å². The predicted octanol–water partition coefficient (Wildman–Crippen LogP) is 3.36. The fourth-order valence-electron chi connectivity index (χ4n) is 3.36. The van der Waals surface area contributed by atoms with E-state index in [1.807, 2.05) is 0 Å². The van der Waals surface area contributed by atoms with Gasteiger partial charge in [0.15, 0.2) is 0 Å². The molecule has 21 heavy (non-hydrogen) atoms. The van der Waals surface area contributed by atoms with Crippen molar-refractivity contribution in [2.45, 2.75) is 25.9 Å². The number of nitrogens with zero attached hydrogens (tertiary/aromatic N) is 1. The smallest absolute Gasteiger partial charge is 0.0605 e. The van der Waals surface area contributed by atoms with Crippen molar-refractivity contribution in [3.05, 3.63) is 71.3 Å². The molecular weight excluding hydrogens is 256 g/mol. The minimum absolute atomic E-state index is 0.278. The van der Waals surface area contributed by atoms with Crippen LogP contribution in [0, 0.1) is 12.8 Å². The zero-order valence-electron chi connectivity index (χ0n) is 12.9. The number of rotatable bonds is 3. The molecule has 1 saturated heterocycles. The van der Waals surface area contributed by atoms with Gasteiger partial charge in [0.2, 0.25) is 0 Å². The van der Waals surface area contributed by atoms with Gasteiger partial charge in [0.25, 0.3) is 0 Å². The predicted molar refractivity (Wildman–Crippen MR) is 88.2 cm³/mol. The second-order valence-corrected chi connectivity index (χ2v) is 6.26. The molecule has 2 aromatic rings. The van der Waals surface area contributed by atoms with Crippen LogP contribution in [0.4, 0.5) is 0 Å². The van der Waals surface area contributed by atoms with Crippen molar-refractivity contribution in [1.82, 2.24) is 4.90 Å². The zero-order chi connectivity index (χ0) is 14.8. The number of aryl methyl sites for hydroxylation is 1. The maximum Gasteiger partial charge on any atom is 0.0605 e. The third kappa shape index (κ3) is 2.87. The highest BCUT2D eigenvalue weighted by molar-refractivity contribution is 5.37. The summed E-state index contributed by atoms with van der Waals surface area (Å²) in [7, 11) is 0. The number of nitrogens with two attached hydrogens (primary N) is 1. The van der Waals surface area contributed by atoms with Crippen molar-refractivity contribution >= 4 is 0 Å². The Bertz CT molecular complexity index is 584. The second-order valence-electron chi connectivity index (χ2n) is 6.26. The summed E-state index contributed by atoms with van der Waals surface area (Å²) in [4.78, 5) is 2.53. The maximum atomic E-state index is 6.26. The van der Waals surface area contributed by atoms with Gasteiger partial charge in [-0.15, -0.1) is 0 Å². The summed E-state index contributed by atoms with van der Waals surface area (Å²) < 4.78 is 0. The zero-order valence-corrected chi connectivity index (χ0v) is 12.9. The molecule has 2 aromatic carbocycles. The van der Waals surface area contributed by atoms with Crippen LogP contribution in [0.2, 0.25) is 0 Å². The molecule has 110 valence electrons. The van der Waals surface area contributed by atoms with Gasteiger partial charge in [0.05, 0.1) is 6.04 Å². The molecule has 1 aliphatic rings. The van der Waals surface area contributed by atoms with E-state index in [2.05, 4.69) is 73.3 Å². The first-order chi connectivity index (χ1) is 10.2. The summed E-state index contributed by atoms with van der Waals surface area (Å²) in [5, 5.41) is 0. The van der Waals surface area contributed by atoms with E-state index in [0.29, 0.717) is 12.0 Å². The number of hydrogen-bond donors (Lipinski definition) is 1. The van der Waals surface area contributed by atoms with Crippen LogP contribution >= 0.6 is 0 Å². The maximum absolute atomic E-state index is 6.26. The standard InChI is InChI=1S/C19H24N2/c1-14-8-6-7-11-17(14)19(16-9-4-3-5-10-16)21-12-15(2)18(20)13-21/h3-11,15,18-19H,12-13,20H2,1-2H3. The molecular formula is C19H24N2. The highest BCUT2D eigenvalue weighted by atomic mass is 15.2. The molecule has 2 N–H and O–H groups in total. The third-order valence-corrected chi connectivity index (χ3v) is 4.66. The average molecular weight is 280 g/mol. The molecule has 0 saturated carbocycles. The van der Waals surface area contributed by atoms with Gasteiger partial charge < -0.3 is 5.73 Å².